The molecule has 2 aromatic carbocycles. The molecule has 0 spiro atoms. The normalized spacial score (nSPS) is 12.2. The first kappa shape index (κ1) is 14.0. The molecule has 0 aliphatic carbocycles. The first-order chi connectivity index (χ1) is 9.50. The molecule has 0 heterocycles. The Kier molecular flexibility index (Phi) is 4.00. The molecule has 0 bridgehead atoms. The van der Waals surface area contributed by atoms with Crippen molar-refractivity contribution >= 4 is 28.2 Å². The highest BCUT2D eigenvalue weighted by Crippen LogP contribution is 2.25. The van der Waals surface area contributed by atoms with E-state index in [1.165, 1.54) is 0 Å². The molecule has 0 saturated heterocycles. The van der Waals surface area contributed by atoms with E-state index in [1.54, 1.807) is 6.07 Å². The van der Waals surface area contributed by atoms with Crippen LogP contribution in [0, 0.1) is 0 Å². The zero-order valence-electron chi connectivity index (χ0n) is 10.9. The Balaban J connectivity index is 2.22. The molecule has 0 aliphatic rings. The summed E-state index contributed by atoms with van der Waals surface area (Å²) < 4.78 is 0. The van der Waals surface area contributed by atoms with Gasteiger partial charge < -0.3 is 16.6 Å². The van der Waals surface area contributed by atoms with Gasteiger partial charge in [-0.05, 0) is 17.9 Å². The van der Waals surface area contributed by atoms with E-state index in [1.807, 2.05) is 30.3 Å². The highest BCUT2D eigenvalue weighted by Gasteiger charge is 2.16. The van der Waals surface area contributed by atoms with Crippen LogP contribution in [0.5, 0.6) is 0 Å². The van der Waals surface area contributed by atoms with Gasteiger partial charge in [-0.2, -0.15) is 0 Å². The maximum atomic E-state index is 12.1. The van der Waals surface area contributed by atoms with Gasteiger partial charge in [-0.15, -0.1) is 0 Å². The molecule has 0 amide bonds. The molecule has 104 valence electrons. The predicted octanol–water partition coefficient (Wildman–Crippen LogP) is 1.80. The first-order valence-corrected chi connectivity index (χ1v) is 6.29. The summed E-state index contributed by atoms with van der Waals surface area (Å²) in [5.41, 5.74) is 12.3. The van der Waals surface area contributed by atoms with Crippen molar-refractivity contribution in [3.63, 3.8) is 0 Å². The lowest BCUT2D eigenvalue weighted by Gasteiger charge is -2.09. The molecule has 0 aliphatic heterocycles. The van der Waals surface area contributed by atoms with E-state index in [4.69, 9.17) is 16.6 Å². The van der Waals surface area contributed by atoms with E-state index >= 15 is 0 Å². The number of rotatable bonds is 5. The lowest BCUT2D eigenvalue weighted by atomic mass is 9.98. The van der Waals surface area contributed by atoms with Crippen LogP contribution in [0.25, 0.3) is 10.8 Å². The Morgan fingerprint density at radius 3 is 2.55 bits per heavy atom. The first-order valence-electron chi connectivity index (χ1n) is 6.29. The Morgan fingerprint density at radius 1 is 1.15 bits per heavy atom. The van der Waals surface area contributed by atoms with E-state index in [2.05, 4.69) is 0 Å². The molecule has 0 aromatic heterocycles. The van der Waals surface area contributed by atoms with Crippen LogP contribution in [0.15, 0.2) is 36.4 Å². The number of anilines is 1. The lowest BCUT2D eigenvalue weighted by Crippen LogP contribution is -2.30. The number of fused-ring (bicyclic) bond motifs is 1. The van der Waals surface area contributed by atoms with Crippen molar-refractivity contribution in [1.29, 1.82) is 0 Å². The SMILES string of the molecule is Nc1c(C(=O)CC[C@H](N)C(=O)O)ccc2ccccc12. The molecular formula is C15H16N2O3. The average Bonchev–Trinajstić information content (AvgIpc) is 2.45. The monoisotopic (exact) mass is 272 g/mol. The number of hydrogen-bond acceptors (Lipinski definition) is 4. The Hall–Kier alpha value is -2.40. The van der Waals surface area contributed by atoms with Crippen LogP contribution in [0.4, 0.5) is 5.69 Å². The van der Waals surface area contributed by atoms with Gasteiger partial charge in [0, 0.05) is 17.4 Å². The summed E-state index contributed by atoms with van der Waals surface area (Å²) in [5, 5.41) is 10.5. The third-order valence-corrected chi connectivity index (χ3v) is 3.27. The van der Waals surface area contributed by atoms with Gasteiger partial charge in [0.25, 0.3) is 0 Å². The van der Waals surface area contributed by atoms with Gasteiger partial charge in [-0.3, -0.25) is 9.59 Å². The van der Waals surface area contributed by atoms with Crippen LogP contribution < -0.4 is 11.5 Å². The second kappa shape index (κ2) is 5.71. The molecule has 0 fully saturated rings. The number of carboxylic acid groups (broad SMARTS) is 1. The van der Waals surface area contributed by atoms with Crippen molar-refractivity contribution in [3.8, 4) is 0 Å². The summed E-state index contributed by atoms with van der Waals surface area (Å²) in [6.45, 7) is 0. The summed E-state index contributed by atoms with van der Waals surface area (Å²) >= 11 is 0. The van der Waals surface area contributed by atoms with Crippen LogP contribution in [-0.2, 0) is 4.79 Å². The van der Waals surface area contributed by atoms with E-state index < -0.39 is 12.0 Å². The second-order valence-corrected chi connectivity index (χ2v) is 4.65. The van der Waals surface area contributed by atoms with E-state index in [9.17, 15) is 9.59 Å². The average molecular weight is 272 g/mol. The number of nitrogens with two attached hydrogens (primary N) is 2. The van der Waals surface area contributed by atoms with Gasteiger partial charge in [0.15, 0.2) is 5.78 Å². The Labute approximate surface area is 116 Å². The quantitative estimate of drug-likeness (QED) is 0.568. The molecule has 2 aromatic rings. The minimum Gasteiger partial charge on any atom is -0.480 e. The number of hydrogen-bond donors (Lipinski definition) is 3. The number of Topliss-reactive ketones (excluding diaryl/α,β-unsaturated/α-hetero) is 1. The van der Waals surface area contributed by atoms with Gasteiger partial charge in [-0.1, -0.05) is 30.3 Å². The number of nitrogen functional groups attached to an aromatic ring is 1. The van der Waals surface area contributed by atoms with Crippen molar-refractivity contribution in [2.24, 2.45) is 5.73 Å². The van der Waals surface area contributed by atoms with Gasteiger partial charge in [-0.25, -0.2) is 0 Å². The molecule has 5 nitrogen and oxygen atoms in total. The van der Waals surface area contributed by atoms with E-state index in [0.717, 1.165) is 10.8 Å². The molecule has 0 unspecified atom stereocenters. The molecule has 0 saturated carbocycles. The van der Waals surface area contributed by atoms with Gasteiger partial charge >= 0.3 is 5.97 Å². The highest BCUT2D eigenvalue weighted by atomic mass is 16.4. The molecular weight excluding hydrogens is 256 g/mol. The van der Waals surface area contributed by atoms with Crippen LogP contribution >= 0.6 is 0 Å². The number of benzene rings is 2. The fourth-order valence-corrected chi connectivity index (χ4v) is 2.08. The zero-order chi connectivity index (χ0) is 14.7. The van der Waals surface area contributed by atoms with Gasteiger partial charge in [0.2, 0.25) is 0 Å². The standard InChI is InChI=1S/C15H16N2O3/c16-12(15(19)20)7-8-13(18)11-6-5-9-3-1-2-4-10(9)14(11)17/h1-6,12H,7-8,16-17H2,(H,19,20)/t12-/m0/s1. The Bertz CT molecular complexity index is 667. The number of carbonyl (C=O) groups is 2. The maximum Gasteiger partial charge on any atom is 0.320 e. The fraction of sp³-hybridized carbons (Fsp3) is 0.200. The van der Waals surface area contributed by atoms with Crippen LogP contribution in [-0.4, -0.2) is 22.9 Å². The largest absolute Gasteiger partial charge is 0.480 e. The predicted molar refractivity (Wildman–Crippen MR) is 77.5 cm³/mol. The van der Waals surface area contributed by atoms with Crippen molar-refractivity contribution in [3.05, 3.63) is 42.0 Å². The smallest absolute Gasteiger partial charge is 0.320 e. The van der Waals surface area contributed by atoms with E-state index in [0.29, 0.717) is 11.3 Å². The molecule has 5 heteroatoms. The topological polar surface area (TPSA) is 106 Å². The van der Waals surface area contributed by atoms with Gasteiger partial charge in [0.05, 0.1) is 5.69 Å². The molecule has 0 radical (unpaired) electrons. The summed E-state index contributed by atoms with van der Waals surface area (Å²) in [7, 11) is 0. The third kappa shape index (κ3) is 2.78. The molecule has 5 N–H and O–H groups in total. The highest BCUT2D eigenvalue weighted by molar-refractivity contribution is 6.08. The number of carbonyl (C=O) groups excluding carboxylic acids is 1. The van der Waals surface area contributed by atoms with Crippen LogP contribution in [0.3, 0.4) is 0 Å². The second-order valence-electron chi connectivity index (χ2n) is 4.65. The number of aliphatic carboxylic acids is 1. The summed E-state index contributed by atoms with van der Waals surface area (Å²) in [5.74, 6) is -1.30. The summed E-state index contributed by atoms with van der Waals surface area (Å²) in [6.07, 6.45) is 0.163. The van der Waals surface area contributed by atoms with Crippen molar-refractivity contribution in [2.45, 2.75) is 18.9 Å². The fourth-order valence-electron chi connectivity index (χ4n) is 2.08. The van der Waals surface area contributed by atoms with Crippen molar-refractivity contribution in [2.75, 3.05) is 5.73 Å². The third-order valence-electron chi connectivity index (χ3n) is 3.27. The van der Waals surface area contributed by atoms with E-state index in [-0.39, 0.29) is 18.6 Å². The summed E-state index contributed by atoms with van der Waals surface area (Å²) in [6, 6.07) is 10.00. The minimum absolute atomic E-state index is 0.0655. The lowest BCUT2D eigenvalue weighted by molar-refractivity contribution is -0.138. The molecule has 1 atom stereocenters. The maximum absolute atomic E-state index is 12.1. The number of carboxylic acids is 1. The Morgan fingerprint density at radius 2 is 1.85 bits per heavy atom. The van der Waals surface area contributed by atoms with Gasteiger partial charge in [0.1, 0.15) is 6.04 Å². The minimum atomic E-state index is -1.11. The molecule has 20 heavy (non-hydrogen) atoms. The number of ketones is 1. The van der Waals surface area contributed by atoms with Crippen LogP contribution in [0.1, 0.15) is 23.2 Å². The van der Waals surface area contributed by atoms with Crippen LogP contribution in [0.2, 0.25) is 0 Å². The summed E-state index contributed by atoms with van der Waals surface area (Å²) in [4.78, 5) is 22.7. The molecule has 2 rings (SSSR count). The zero-order valence-corrected chi connectivity index (χ0v) is 10.9. The van der Waals surface area contributed by atoms with Crippen molar-refractivity contribution in [1.82, 2.24) is 0 Å². The van der Waals surface area contributed by atoms with Crippen molar-refractivity contribution < 1.29 is 14.7 Å².